The number of hydrogen-bond acceptors (Lipinski definition) is 2. The molecule has 0 bridgehead atoms. The summed E-state index contributed by atoms with van der Waals surface area (Å²) in [5.74, 6) is 0. The maximum absolute atomic E-state index is 5.15. The fourth-order valence-electron chi connectivity index (χ4n) is 1.08. The molecule has 0 aliphatic heterocycles. The van der Waals surface area contributed by atoms with Crippen LogP contribution in [0.25, 0.3) is 0 Å². The van der Waals surface area contributed by atoms with E-state index in [1.165, 1.54) is 12.8 Å². The Morgan fingerprint density at radius 3 is 2.38 bits per heavy atom. The minimum Gasteiger partial charge on any atom is -0.362 e. The highest BCUT2D eigenvalue weighted by Gasteiger charge is 1.86. The molecule has 0 heterocycles. The zero-order valence-corrected chi connectivity index (χ0v) is 10.4. The van der Waals surface area contributed by atoms with Crippen LogP contribution in [0.15, 0.2) is 42.5 Å². The summed E-state index contributed by atoms with van der Waals surface area (Å²) in [6.45, 7) is 5.13. The topological polar surface area (TPSA) is 35.2 Å². The van der Waals surface area contributed by atoms with Gasteiger partial charge in [0.25, 0.3) is 0 Å². The number of nitrogens with two attached hydrogens (primary N) is 1. The average Bonchev–Trinajstić information content (AvgIpc) is 2.36. The number of ether oxygens (including phenoxy) is 1. The van der Waals surface area contributed by atoms with E-state index in [4.69, 9.17) is 10.5 Å². The summed E-state index contributed by atoms with van der Waals surface area (Å²) in [5.41, 5.74) is 6.31. The minimum absolute atomic E-state index is 0.287. The van der Waals surface area contributed by atoms with Crippen LogP contribution in [0.1, 0.15) is 32.3 Å². The van der Waals surface area contributed by atoms with E-state index in [2.05, 4.69) is 26.0 Å². The van der Waals surface area contributed by atoms with Crippen LogP contribution < -0.4 is 5.73 Å². The summed E-state index contributed by atoms with van der Waals surface area (Å²) in [4.78, 5) is 0. The second-order valence-corrected chi connectivity index (χ2v) is 3.36. The van der Waals surface area contributed by atoms with Gasteiger partial charge in [-0.2, -0.15) is 0 Å². The second kappa shape index (κ2) is 12.0. The minimum atomic E-state index is 0.287. The van der Waals surface area contributed by atoms with Crippen LogP contribution in [0.2, 0.25) is 0 Å². The molecule has 0 unspecified atom stereocenters. The van der Waals surface area contributed by atoms with Gasteiger partial charge in [0.1, 0.15) is 0 Å². The molecule has 90 valence electrons. The summed E-state index contributed by atoms with van der Waals surface area (Å²) in [6.07, 6.45) is 6.77. The molecule has 0 saturated carbocycles. The summed E-state index contributed by atoms with van der Waals surface area (Å²) in [6, 6.07) is 9.96. The van der Waals surface area contributed by atoms with Crippen molar-refractivity contribution < 1.29 is 4.74 Å². The number of allylic oxidation sites excluding steroid dienone is 2. The maximum Gasteiger partial charge on any atom is 0.0944 e. The van der Waals surface area contributed by atoms with Crippen molar-refractivity contribution in [2.75, 3.05) is 6.73 Å². The van der Waals surface area contributed by atoms with E-state index in [9.17, 15) is 0 Å². The zero-order chi connectivity index (χ0) is 12.1. The monoisotopic (exact) mass is 221 g/mol. The van der Waals surface area contributed by atoms with Gasteiger partial charge in [-0.3, -0.25) is 0 Å². The number of benzene rings is 1. The Hall–Kier alpha value is -1.12. The van der Waals surface area contributed by atoms with Crippen LogP contribution >= 0.6 is 0 Å². The summed E-state index contributed by atoms with van der Waals surface area (Å²) in [7, 11) is 0. The molecule has 0 aliphatic carbocycles. The predicted molar refractivity (Wildman–Crippen MR) is 70.0 cm³/mol. The van der Waals surface area contributed by atoms with Gasteiger partial charge < -0.3 is 10.5 Å². The van der Waals surface area contributed by atoms with Gasteiger partial charge in [-0.25, -0.2) is 0 Å². The van der Waals surface area contributed by atoms with Crippen LogP contribution in [0.3, 0.4) is 0 Å². The lowest BCUT2D eigenvalue weighted by Gasteiger charge is -1.98. The molecule has 2 heteroatoms. The van der Waals surface area contributed by atoms with Crippen molar-refractivity contribution >= 4 is 0 Å². The Morgan fingerprint density at radius 2 is 1.94 bits per heavy atom. The molecule has 0 amide bonds. The number of rotatable bonds is 5. The van der Waals surface area contributed by atoms with Crippen molar-refractivity contribution in [3.8, 4) is 0 Å². The lowest BCUT2D eigenvalue weighted by Crippen LogP contribution is -2.03. The maximum atomic E-state index is 5.15. The van der Waals surface area contributed by atoms with Crippen molar-refractivity contribution in [1.29, 1.82) is 0 Å². The highest BCUT2D eigenvalue weighted by atomic mass is 16.5. The number of hydrogen-bond donors (Lipinski definition) is 1. The third kappa shape index (κ3) is 9.44. The van der Waals surface area contributed by atoms with Crippen LogP contribution in [0.5, 0.6) is 0 Å². The van der Waals surface area contributed by atoms with Gasteiger partial charge in [0.2, 0.25) is 0 Å². The molecule has 0 saturated heterocycles. The first kappa shape index (κ1) is 14.9. The molecule has 0 fully saturated rings. The van der Waals surface area contributed by atoms with E-state index in [1.807, 2.05) is 30.3 Å². The van der Waals surface area contributed by atoms with Gasteiger partial charge in [-0.05, 0) is 18.9 Å². The Bertz CT molecular complexity index is 257. The Kier molecular flexibility index (Phi) is 11.1. The van der Waals surface area contributed by atoms with E-state index < -0.39 is 0 Å². The third-order valence-corrected chi connectivity index (χ3v) is 1.92. The Labute approximate surface area is 99.1 Å². The molecule has 2 nitrogen and oxygen atoms in total. The highest BCUT2D eigenvalue weighted by molar-refractivity contribution is 5.13. The second-order valence-electron chi connectivity index (χ2n) is 3.36. The average molecular weight is 221 g/mol. The van der Waals surface area contributed by atoms with E-state index in [0.717, 1.165) is 5.56 Å². The summed E-state index contributed by atoms with van der Waals surface area (Å²) < 4.78 is 5.00. The predicted octanol–water partition coefficient (Wildman–Crippen LogP) is 3.48. The fraction of sp³-hybridized carbons (Fsp3) is 0.429. The lowest BCUT2D eigenvalue weighted by molar-refractivity contribution is 0.127. The molecule has 0 spiro atoms. The molecular formula is C14H23NO. The molecular weight excluding hydrogens is 198 g/mol. The molecule has 1 rings (SSSR count). The first-order valence-electron chi connectivity index (χ1n) is 5.78. The smallest absolute Gasteiger partial charge is 0.0944 e. The van der Waals surface area contributed by atoms with Crippen LogP contribution in [0.4, 0.5) is 0 Å². The fourth-order valence-corrected chi connectivity index (χ4v) is 1.08. The number of unbranched alkanes of at least 4 members (excludes halogenated alkanes) is 1. The first-order valence-corrected chi connectivity index (χ1v) is 5.78. The quantitative estimate of drug-likeness (QED) is 0.610. The highest BCUT2D eigenvalue weighted by Crippen LogP contribution is 1.98. The zero-order valence-electron chi connectivity index (χ0n) is 10.4. The van der Waals surface area contributed by atoms with Gasteiger partial charge in [0, 0.05) is 0 Å². The molecule has 2 N–H and O–H groups in total. The van der Waals surface area contributed by atoms with Crippen LogP contribution in [-0.2, 0) is 11.3 Å². The molecule has 0 aliphatic rings. The van der Waals surface area contributed by atoms with Gasteiger partial charge in [0.15, 0.2) is 0 Å². The summed E-state index contributed by atoms with van der Waals surface area (Å²) >= 11 is 0. The van der Waals surface area contributed by atoms with Gasteiger partial charge in [0.05, 0.1) is 13.3 Å². The van der Waals surface area contributed by atoms with Crippen molar-refractivity contribution in [3.05, 3.63) is 48.0 Å². The molecule has 0 radical (unpaired) electrons. The van der Waals surface area contributed by atoms with Gasteiger partial charge in [-0.15, -0.1) is 0 Å². The van der Waals surface area contributed by atoms with E-state index in [1.54, 1.807) is 0 Å². The van der Waals surface area contributed by atoms with Crippen LogP contribution in [-0.4, -0.2) is 6.73 Å². The Balaban J connectivity index is 0.000000325. The van der Waals surface area contributed by atoms with Crippen molar-refractivity contribution in [1.82, 2.24) is 0 Å². The first-order chi connectivity index (χ1) is 7.85. The van der Waals surface area contributed by atoms with Gasteiger partial charge >= 0.3 is 0 Å². The molecule has 0 atom stereocenters. The van der Waals surface area contributed by atoms with Crippen molar-refractivity contribution in [3.63, 3.8) is 0 Å². The third-order valence-electron chi connectivity index (χ3n) is 1.92. The Morgan fingerprint density at radius 1 is 1.25 bits per heavy atom. The van der Waals surface area contributed by atoms with E-state index in [0.29, 0.717) is 6.61 Å². The van der Waals surface area contributed by atoms with Crippen molar-refractivity contribution in [2.45, 2.75) is 33.3 Å². The van der Waals surface area contributed by atoms with Crippen molar-refractivity contribution in [2.24, 2.45) is 5.73 Å². The lowest BCUT2D eigenvalue weighted by atomic mass is 10.2. The molecule has 16 heavy (non-hydrogen) atoms. The molecule has 0 aromatic heterocycles. The molecule has 1 aromatic carbocycles. The SMILES string of the molecule is C/C=C\CCC.NCOCc1ccccc1. The van der Waals surface area contributed by atoms with Gasteiger partial charge in [-0.1, -0.05) is 55.8 Å². The summed E-state index contributed by atoms with van der Waals surface area (Å²) in [5, 5.41) is 0. The normalized spacial score (nSPS) is 9.94. The van der Waals surface area contributed by atoms with E-state index >= 15 is 0 Å². The van der Waals surface area contributed by atoms with E-state index in [-0.39, 0.29) is 6.73 Å². The molecule has 1 aromatic rings. The largest absolute Gasteiger partial charge is 0.362 e. The van der Waals surface area contributed by atoms with Crippen LogP contribution in [0, 0.1) is 0 Å². The standard InChI is InChI=1S/C8H11NO.C6H12/c9-7-10-6-8-4-2-1-3-5-8;1-3-5-6-4-2/h1-5H,6-7,9H2;3,5H,4,6H2,1-2H3/b;5-3-.